The van der Waals surface area contributed by atoms with Gasteiger partial charge in [0.2, 0.25) is 0 Å². The highest BCUT2D eigenvalue weighted by Crippen LogP contribution is 2.47. The fourth-order valence-corrected chi connectivity index (χ4v) is 5.08. The summed E-state index contributed by atoms with van der Waals surface area (Å²) in [6.45, 7) is 0. The third kappa shape index (κ3) is 1.43. The monoisotopic (exact) mass is 218 g/mol. The summed E-state index contributed by atoms with van der Waals surface area (Å²) < 4.78 is 0. The number of thioether (sulfide) groups is 1. The second kappa shape index (κ2) is 3.88. The predicted molar refractivity (Wildman–Crippen MR) is 59.3 cm³/mol. The lowest BCUT2D eigenvalue weighted by molar-refractivity contribution is 1.27. The van der Waals surface area contributed by atoms with Gasteiger partial charge in [0.15, 0.2) is 4.86 Å². The van der Waals surface area contributed by atoms with E-state index in [1.54, 1.807) is 11.8 Å². The molecule has 1 unspecified atom stereocenters. The molecule has 2 rings (SSSR count). The Morgan fingerprint density at radius 2 is 2.00 bits per heavy atom. The molecule has 0 radical (unpaired) electrons. The van der Waals surface area contributed by atoms with Crippen LogP contribution in [0.15, 0.2) is 34.1 Å². The van der Waals surface area contributed by atoms with Gasteiger partial charge < -0.3 is 0 Å². The number of nitriles is 2. The maximum Gasteiger partial charge on any atom is 0.158 e. The van der Waals surface area contributed by atoms with Crippen molar-refractivity contribution in [3.63, 3.8) is 0 Å². The Kier molecular flexibility index (Phi) is 2.58. The van der Waals surface area contributed by atoms with Crippen molar-refractivity contribution in [2.75, 3.05) is 5.08 Å². The van der Waals surface area contributed by atoms with Crippen molar-refractivity contribution in [3.8, 4) is 12.1 Å². The molecule has 0 bridgehead atoms. The highest BCUT2D eigenvalue weighted by atomic mass is 32.2. The number of fused-ring (bicyclic) bond motifs is 1. The van der Waals surface area contributed by atoms with Crippen LogP contribution in [0.1, 0.15) is 0 Å². The third-order valence-electron chi connectivity index (χ3n) is 1.90. The van der Waals surface area contributed by atoms with Gasteiger partial charge in [0.05, 0.1) is 0 Å². The van der Waals surface area contributed by atoms with Crippen LogP contribution >= 0.6 is 22.2 Å². The molecule has 0 N–H and O–H groups in total. The molecule has 68 valence electrons. The molecule has 14 heavy (non-hydrogen) atoms. The Bertz CT molecular complexity index is 476. The molecule has 1 aliphatic heterocycles. The highest BCUT2D eigenvalue weighted by Gasteiger charge is 2.18. The quantitative estimate of drug-likeness (QED) is 0.629. The summed E-state index contributed by atoms with van der Waals surface area (Å²) in [6, 6.07) is 12.0. The maximum absolute atomic E-state index is 8.80. The zero-order valence-corrected chi connectivity index (χ0v) is 8.86. The molecule has 1 aromatic carbocycles. The molecule has 0 spiro atoms. The molecule has 0 amide bonds. The number of hydrogen-bond donors (Lipinski definition) is 0. The lowest BCUT2D eigenvalue weighted by Gasteiger charge is -1.99. The van der Waals surface area contributed by atoms with E-state index in [4.69, 9.17) is 10.5 Å². The molecule has 0 aliphatic carbocycles. The summed E-state index contributed by atoms with van der Waals surface area (Å²) in [7, 11) is -0.283. The molecule has 0 fully saturated rings. The van der Waals surface area contributed by atoms with E-state index in [0.717, 1.165) is 9.98 Å². The molecule has 4 heteroatoms. The van der Waals surface area contributed by atoms with Crippen molar-refractivity contribution >= 4 is 27.1 Å². The van der Waals surface area contributed by atoms with Crippen LogP contribution in [-0.2, 0) is 0 Å². The molecule has 0 saturated carbocycles. The zero-order valence-electron chi connectivity index (χ0n) is 7.23. The average molecular weight is 218 g/mol. The van der Waals surface area contributed by atoms with Gasteiger partial charge in [-0.15, -0.1) is 22.2 Å². The molecule has 2 nitrogen and oxygen atoms in total. The van der Waals surface area contributed by atoms with Crippen LogP contribution in [0.4, 0.5) is 0 Å². The SMILES string of the molecule is N#CC(C#N)=S1CSc2ccccc21. The van der Waals surface area contributed by atoms with Crippen molar-refractivity contribution in [1.82, 2.24) is 0 Å². The summed E-state index contributed by atoms with van der Waals surface area (Å²) >= 11 is 1.72. The maximum atomic E-state index is 8.80. The third-order valence-corrected chi connectivity index (χ3v) is 5.67. The molecule has 0 saturated heterocycles. The highest BCUT2D eigenvalue weighted by molar-refractivity contribution is 8.28. The van der Waals surface area contributed by atoms with Crippen LogP contribution in [0.2, 0.25) is 0 Å². The molecular formula is C10H6N2S2. The van der Waals surface area contributed by atoms with Crippen LogP contribution < -0.4 is 0 Å². The zero-order chi connectivity index (χ0) is 9.97. The van der Waals surface area contributed by atoms with Crippen molar-refractivity contribution in [2.24, 2.45) is 0 Å². The first-order chi connectivity index (χ1) is 6.86. The standard InChI is InChI=1S/C10H6N2S2/c11-5-8(6-12)14-7-13-9-3-1-2-4-10(9)14/h1-4H,7H2. The second-order valence-electron chi connectivity index (χ2n) is 2.65. The molecular weight excluding hydrogens is 212 g/mol. The fraction of sp³-hybridized carbons (Fsp3) is 0.100. The van der Waals surface area contributed by atoms with Crippen molar-refractivity contribution in [1.29, 1.82) is 10.5 Å². The molecule has 0 aromatic heterocycles. The van der Waals surface area contributed by atoms with Gasteiger partial charge in [-0.3, -0.25) is 0 Å². The minimum Gasteiger partial charge on any atom is -0.191 e. The van der Waals surface area contributed by atoms with Crippen LogP contribution in [0.25, 0.3) is 0 Å². The van der Waals surface area contributed by atoms with Crippen LogP contribution in [0.3, 0.4) is 0 Å². The Morgan fingerprint density at radius 1 is 1.29 bits per heavy atom. The number of hydrogen-bond acceptors (Lipinski definition) is 3. The van der Waals surface area contributed by atoms with E-state index in [1.807, 2.05) is 36.4 Å². The Hall–Kier alpha value is -1.23. The summed E-state index contributed by atoms with van der Waals surface area (Å²) in [5.74, 6) is 0. The van der Waals surface area contributed by atoms with Gasteiger partial charge in [0.1, 0.15) is 12.1 Å². The molecule has 1 aliphatic rings. The van der Waals surface area contributed by atoms with E-state index in [-0.39, 0.29) is 10.5 Å². The van der Waals surface area contributed by atoms with E-state index in [0.29, 0.717) is 4.86 Å². The summed E-state index contributed by atoms with van der Waals surface area (Å²) in [4.78, 5) is 2.71. The van der Waals surface area contributed by atoms with Gasteiger partial charge in [-0.2, -0.15) is 10.5 Å². The first-order valence-corrected chi connectivity index (χ1v) is 6.34. The molecule has 1 atom stereocenters. The van der Waals surface area contributed by atoms with E-state index in [1.165, 1.54) is 4.90 Å². The normalized spacial score (nSPS) is 18.0. The Morgan fingerprint density at radius 3 is 2.71 bits per heavy atom. The van der Waals surface area contributed by atoms with E-state index < -0.39 is 0 Å². The fourth-order valence-electron chi connectivity index (χ4n) is 1.26. The summed E-state index contributed by atoms with van der Waals surface area (Å²) in [5.41, 5.74) is 0. The van der Waals surface area contributed by atoms with E-state index in [2.05, 4.69) is 0 Å². The van der Waals surface area contributed by atoms with Crippen LogP contribution in [0.5, 0.6) is 0 Å². The van der Waals surface area contributed by atoms with Crippen LogP contribution in [-0.4, -0.2) is 9.95 Å². The van der Waals surface area contributed by atoms with Crippen molar-refractivity contribution < 1.29 is 0 Å². The average Bonchev–Trinajstić information content (AvgIpc) is 2.65. The first-order valence-electron chi connectivity index (χ1n) is 3.96. The van der Waals surface area contributed by atoms with Gasteiger partial charge >= 0.3 is 0 Å². The van der Waals surface area contributed by atoms with Gasteiger partial charge in [-0.25, -0.2) is 0 Å². The molecule has 1 aromatic rings. The van der Waals surface area contributed by atoms with Gasteiger partial charge in [0, 0.05) is 14.9 Å². The first kappa shape index (κ1) is 9.33. The van der Waals surface area contributed by atoms with Gasteiger partial charge in [-0.1, -0.05) is 12.1 Å². The lowest BCUT2D eigenvalue weighted by Crippen LogP contribution is -1.89. The topological polar surface area (TPSA) is 47.6 Å². The van der Waals surface area contributed by atoms with Gasteiger partial charge in [0.25, 0.3) is 0 Å². The minimum absolute atomic E-state index is 0.283. The Balaban J connectivity index is 2.62. The minimum atomic E-state index is -0.283. The number of nitrogens with zero attached hydrogens (tertiary/aromatic N) is 2. The largest absolute Gasteiger partial charge is 0.191 e. The lowest BCUT2D eigenvalue weighted by atomic mass is 10.4. The van der Waals surface area contributed by atoms with E-state index in [9.17, 15) is 0 Å². The van der Waals surface area contributed by atoms with Crippen molar-refractivity contribution in [2.45, 2.75) is 9.79 Å². The summed E-state index contributed by atoms with van der Waals surface area (Å²) in [5, 5.41) is 18.4. The van der Waals surface area contributed by atoms with Gasteiger partial charge in [-0.05, 0) is 12.1 Å². The summed E-state index contributed by atoms with van der Waals surface area (Å²) in [6.07, 6.45) is 0. The number of rotatable bonds is 0. The molecule has 1 heterocycles. The van der Waals surface area contributed by atoms with Crippen LogP contribution in [0, 0.1) is 22.7 Å². The predicted octanol–water partition coefficient (Wildman–Crippen LogP) is 2.60. The Labute approximate surface area is 89.1 Å². The van der Waals surface area contributed by atoms with E-state index >= 15 is 0 Å². The van der Waals surface area contributed by atoms with Crippen molar-refractivity contribution in [3.05, 3.63) is 24.3 Å². The second-order valence-corrected chi connectivity index (χ2v) is 5.95. The number of benzene rings is 1. The smallest absolute Gasteiger partial charge is 0.158 e.